The molecule has 0 heterocycles. The van der Waals surface area contributed by atoms with E-state index in [0.29, 0.717) is 11.7 Å². The first-order valence-corrected chi connectivity index (χ1v) is 8.06. The van der Waals surface area contributed by atoms with Crippen molar-refractivity contribution in [3.63, 3.8) is 0 Å². The molecule has 0 aliphatic heterocycles. The molecule has 1 unspecified atom stereocenters. The number of halogens is 2. The van der Waals surface area contributed by atoms with Crippen LogP contribution in [0.2, 0.25) is 0 Å². The predicted octanol–water partition coefficient (Wildman–Crippen LogP) is 4.82. The molecule has 0 aliphatic carbocycles. The quantitative estimate of drug-likeness (QED) is 0.743. The van der Waals surface area contributed by atoms with Crippen molar-refractivity contribution in [2.45, 2.75) is 32.8 Å². The first kappa shape index (κ1) is 18.7. The summed E-state index contributed by atoms with van der Waals surface area (Å²) in [6.07, 6.45) is 1.04. The molecule has 2 aromatic carbocycles. The van der Waals surface area contributed by atoms with Gasteiger partial charge in [0.2, 0.25) is 0 Å². The maximum atomic E-state index is 12.4. The van der Waals surface area contributed by atoms with Gasteiger partial charge in [-0.3, -0.25) is 4.79 Å². The summed E-state index contributed by atoms with van der Waals surface area (Å²) in [5, 5.41) is 2.50. The van der Waals surface area contributed by atoms with Crippen LogP contribution in [0, 0.1) is 0 Å². The van der Waals surface area contributed by atoms with Gasteiger partial charge in [0.25, 0.3) is 5.91 Å². The van der Waals surface area contributed by atoms with Crippen molar-refractivity contribution in [1.29, 1.82) is 0 Å². The van der Waals surface area contributed by atoms with E-state index in [9.17, 15) is 13.6 Å². The van der Waals surface area contributed by atoms with Crippen molar-refractivity contribution >= 4 is 11.6 Å². The number of anilines is 1. The molecule has 6 heteroatoms. The van der Waals surface area contributed by atoms with Crippen LogP contribution in [0.15, 0.2) is 48.5 Å². The Bertz CT molecular complexity index is 689. The van der Waals surface area contributed by atoms with Crippen LogP contribution in [0.3, 0.4) is 0 Å². The fraction of sp³-hybridized carbons (Fsp3) is 0.316. The third kappa shape index (κ3) is 5.74. The molecule has 1 amide bonds. The molecule has 1 N–H and O–H groups in total. The number of hydrogen-bond donors (Lipinski definition) is 1. The molecule has 0 saturated carbocycles. The SMILES string of the molecule is CCC(C)c1ccc(OCC(=O)Nc2ccccc2OC(F)F)cc1. The number of rotatable bonds is 8. The molecule has 0 radical (unpaired) electrons. The summed E-state index contributed by atoms with van der Waals surface area (Å²) >= 11 is 0. The molecule has 2 aromatic rings. The smallest absolute Gasteiger partial charge is 0.387 e. The highest BCUT2D eigenvalue weighted by Gasteiger charge is 2.12. The number of alkyl halides is 2. The standard InChI is InChI=1S/C19H21F2NO3/c1-3-13(2)14-8-10-15(11-9-14)24-12-18(23)22-16-6-4-5-7-17(16)25-19(20)21/h4-11,13,19H,3,12H2,1-2H3,(H,22,23). The van der Waals surface area contributed by atoms with Crippen LogP contribution in [0.5, 0.6) is 11.5 Å². The first-order valence-electron chi connectivity index (χ1n) is 8.06. The average Bonchev–Trinajstić information content (AvgIpc) is 2.61. The van der Waals surface area contributed by atoms with Gasteiger partial charge in [0.05, 0.1) is 5.69 Å². The molecule has 2 rings (SSSR count). The maximum Gasteiger partial charge on any atom is 0.387 e. The number of carbonyl (C=O) groups excluding carboxylic acids is 1. The third-order valence-corrected chi connectivity index (χ3v) is 3.81. The topological polar surface area (TPSA) is 47.6 Å². The normalized spacial score (nSPS) is 11.9. The zero-order chi connectivity index (χ0) is 18.2. The predicted molar refractivity (Wildman–Crippen MR) is 92.3 cm³/mol. The van der Waals surface area contributed by atoms with E-state index in [1.165, 1.54) is 17.7 Å². The van der Waals surface area contributed by atoms with Crippen LogP contribution in [0.25, 0.3) is 0 Å². The van der Waals surface area contributed by atoms with Crippen molar-refractivity contribution in [1.82, 2.24) is 0 Å². The molecule has 25 heavy (non-hydrogen) atoms. The van der Waals surface area contributed by atoms with Crippen molar-refractivity contribution in [2.75, 3.05) is 11.9 Å². The molecule has 0 aromatic heterocycles. The van der Waals surface area contributed by atoms with E-state index in [4.69, 9.17) is 4.74 Å². The number of nitrogens with one attached hydrogen (secondary N) is 1. The number of benzene rings is 2. The highest BCUT2D eigenvalue weighted by molar-refractivity contribution is 5.93. The van der Waals surface area contributed by atoms with Gasteiger partial charge in [0.15, 0.2) is 6.61 Å². The number of carbonyl (C=O) groups is 1. The second-order valence-electron chi connectivity index (χ2n) is 5.59. The Kier molecular flexibility index (Phi) is 6.74. The summed E-state index contributed by atoms with van der Waals surface area (Å²) in [5.74, 6) is 0.475. The second-order valence-corrected chi connectivity index (χ2v) is 5.59. The Hall–Kier alpha value is -2.63. The van der Waals surface area contributed by atoms with Gasteiger partial charge in [-0.05, 0) is 42.2 Å². The van der Waals surface area contributed by atoms with Crippen LogP contribution in [0.4, 0.5) is 14.5 Å². The zero-order valence-electron chi connectivity index (χ0n) is 14.2. The van der Waals surface area contributed by atoms with Crippen LogP contribution in [-0.4, -0.2) is 19.1 Å². The highest BCUT2D eigenvalue weighted by atomic mass is 19.3. The third-order valence-electron chi connectivity index (χ3n) is 3.81. The molecule has 0 bridgehead atoms. The minimum atomic E-state index is -2.96. The zero-order valence-corrected chi connectivity index (χ0v) is 14.2. The number of para-hydroxylation sites is 2. The Morgan fingerprint density at radius 2 is 1.80 bits per heavy atom. The first-order chi connectivity index (χ1) is 12.0. The van der Waals surface area contributed by atoms with E-state index in [2.05, 4.69) is 23.9 Å². The minimum Gasteiger partial charge on any atom is -0.484 e. The van der Waals surface area contributed by atoms with Crippen molar-refractivity contribution in [2.24, 2.45) is 0 Å². The lowest BCUT2D eigenvalue weighted by Gasteiger charge is -2.13. The van der Waals surface area contributed by atoms with E-state index in [1.807, 2.05) is 24.3 Å². The summed E-state index contributed by atoms with van der Waals surface area (Å²) < 4.78 is 34.5. The van der Waals surface area contributed by atoms with Gasteiger partial charge in [-0.25, -0.2) is 0 Å². The molecule has 4 nitrogen and oxygen atoms in total. The van der Waals surface area contributed by atoms with Gasteiger partial charge in [0.1, 0.15) is 11.5 Å². The summed E-state index contributed by atoms with van der Waals surface area (Å²) in [4.78, 5) is 12.0. The number of hydrogen-bond acceptors (Lipinski definition) is 3. The van der Waals surface area contributed by atoms with E-state index in [1.54, 1.807) is 12.1 Å². The van der Waals surface area contributed by atoms with E-state index >= 15 is 0 Å². The molecule has 1 atom stereocenters. The van der Waals surface area contributed by atoms with Gasteiger partial charge in [0, 0.05) is 0 Å². The van der Waals surface area contributed by atoms with Crippen LogP contribution < -0.4 is 14.8 Å². The van der Waals surface area contributed by atoms with E-state index in [0.717, 1.165) is 6.42 Å². The van der Waals surface area contributed by atoms with Gasteiger partial charge >= 0.3 is 6.61 Å². The Labute approximate surface area is 145 Å². The van der Waals surface area contributed by atoms with E-state index in [-0.39, 0.29) is 18.0 Å². The Balaban J connectivity index is 1.91. The molecule has 0 spiro atoms. The van der Waals surface area contributed by atoms with Gasteiger partial charge in [-0.2, -0.15) is 8.78 Å². The lowest BCUT2D eigenvalue weighted by molar-refractivity contribution is -0.118. The lowest BCUT2D eigenvalue weighted by Crippen LogP contribution is -2.20. The monoisotopic (exact) mass is 349 g/mol. The lowest BCUT2D eigenvalue weighted by atomic mass is 9.99. The molecular formula is C19H21F2NO3. The van der Waals surface area contributed by atoms with Crippen LogP contribution >= 0.6 is 0 Å². The van der Waals surface area contributed by atoms with Gasteiger partial charge < -0.3 is 14.8 Å². The summed E-state index contributed by atoms with van der Waals surface area (Å²) in [6.45, 7) is 1.07. The van der Waals surface area contributed by atoms with Gasteiger partial charge in [-0.1, -0.05) is 38.1 Å². The second kappa shape index (κ2) is 9.01. The van der Waals surface area contributed by atoms with Gasteiger partial charge in [-0.15, -0.1) is 0 Å². The number of amides is 1. The molecular weight excluding hydrogens is 328 g/mol. The highest BCUT2D eigenvalue weighted by Crippen LogP contribution is 2.25. The Morgan fingerprint density at radius 1 is 1.12 bits per heavy atom. The van der Waals surface area contributed by atoms with Crippen LogP contribution in [-0.2, 0) is 4.79 Å². The summed E-state index contributed by atoms with van der Waals surface area (Å²) in [7, 11) is 0. The minimum absolute atomic E-state index is 0.0937. The summed E-state index contributed by atoms with van der Waals surface area (Å²) in [5.41, 5.74) is 1.38. The average molecular weight is 349 g/mol. The Morgan fingerprint density at radius 3 is 2.44 bits per heavy atom. The molecule has 0 fully saturated rings. The largest absolute Gasteiger partial charge is 0.484 e. The fourth-order valence-electron chi connectivity index (χ4n) is 2.23. The molecule has 134 valence electrons. The fourth-order valence-corrected chi connectivity index (χ4v) is 2.23. The summed E-state index contributed by atoms with van der Waals surface area (Å²) in [6, 6.07) is 13.5. The van der Waals surface area contributed by atoms with Crippen LogP contribution in [0.1, 0.15) is 31.7 Å². The van der Waals surface area contributed by atoms with Crippen molar-refractivity contribution in [3.05, 3.63) is 54.1 Å². The van der Waals surface area contributed by atoms with Crippen molar-refractivity contribution < 1.29 is 23.0 Å². The molecule has 0 saturated heterocycles. The van der Waals surface area contributed by atoms with Crippen molar-refractivity contribution in [3.8, 4) is 11.5 Å². The molecule has 0 aliphatic rings. The maximum absolute atomic E-state index is 12.4. The van der Waals surface area contributed by atoms with E-state index < -0.39 is 12.5 Å². The number of ether oxygens (including phenoxy) is 2.